The molecule has 8 aromatic carbocycles. The minimum atomic E-state index is 0.123. The number of para-hydroxylation sites is 4. The van der Waals surface area contributed by atoms with E-state index in [1.54, 1.807) is 0 Å². The van der Waals surface area contributed by atoms with E-state index in [1.807, 2.05) is 60.9 Å². The Morgan fingerprint density at radius 3 is 1.47 bits per heavy atom. The molecule has 2 aliphatic rings. The van der Waals surface area contributed by atoms with Gasteiger partial charge in [0.25, 0.3) is 0 Å². The quantitative estimate of drug-likeness (QED) is 0.165. The number of fused-ring (bicyclic) bond motifs is 15. The third kappa shape index (κ3) is 6.14. The van der Waals surface area contributed by atoms with Gasteiger partial charge in [0.05, 0.1) is 17.1 Å². The van der Waals surface area contributed by atoms with E-state index in [1.165, 1.54) is 25.7 Å². The second-order valence-corrected chi connectivity index (χ2v) is 21.1. The number of furan rings is 2. The first-order chi connectivity index (χ1) is 38.2. The number of aromatic nitrogens is 4. The number of pyridine rings is 3. The number of nitrogens with zero attached hydrogens (tertiary/aromatic N) is 6. The van der Waals surface area contributed by atoms with E-state index in [-0.39, 0.29) is 12.0 Å². The lowest BCUT2D eigenvalue weighted by Gasteiger charge is -2.28. The van der Waals surface area contributed by atoms with Crippen LogP contribution in [0.1, 0.15) is 11.5 Å². The van der Waals surface area contributed by atoms with Gasteiger partial charge in [-0.2, -0.15) is 0 Å². The van der Waals surface area contributed by atoms with Gasteiger partial charge in [0, 0.05) is 164 Å². The fourth-order valence-corrected chi connectivity index (χ4v) is 14.1. The van der Waals surface area contributed by atoms with Crippen LogP contribution in [0, 0.1) is 0 Å². The molecule has 77 heavy (non-hydrogen) atoms. The Hall–Kier alpha value is -9.96. The van der Waals surface area contributed by atoms with Crippen molar-refractivity contribution in [2.45, 2.75) is 12.0 Å². The molecule has 15 aromatic rings. The van der Waals surface area contributed by atoms with Crippen LogP contribution in [0.25, 0.3) is 136 Å². The fourth-order valence-electron chi connectivity index (χ4n) is 12.7. The van der Waals surface area contributed by atoms with Crippen LogP contribution in [-0.2, 0) is 0 Å². The molecule has 0 fully saturated rings. The maximum absolute atomic E-state index is 7.16. The summed E-state index contributed by atoms with van der Waals surface area (Å²) in [5.41, 5.74) is 18.9. The first kappa shape index (κ1) is 42.4. The Balaban J connectivity index is 0.777. The highest BCUT2D eigenvalue weighted by Gasteiger charge is 2.38. The Morgan fingerprint density at radius 1 is 0.416 bits per heavy atom. The zero-order valence-corrected chi connectivity index (χ0v) is 41.8. The summed E-state index contributed by atoms with van der Waals surface area (Å²) >= 11 is 1.84. The van der Waals surface area contributed by atoms with Crippen molar-refractivity contribution in [1.82, 2.24) is 19.5 Å². The highest BCUT2D eigenvalue weighted by molar-refractivity contribution is 7.27. The van der Waals surface area contributed by atoms with Crippen molar-refractivity contribution in [1.29, 1.82) is 0 Å². The summed E-state index contributed by atoms with van der Waals surface area (Å²) in [5, 5.41) is 8.92. The van der Waals surface area contributed by atoms with Crippen LogP contribution < -0.4 is 4.90 Å². The van der Waals surface area contributed by atoms with Crippen molar-refractivity contribution >= 4 is 115 Å². The van der Waals surface area contributed by atoms with Crippen molar-refractivity contribution < 1.29 is 8.83 Å². The van der Waals surface area contributed by atoms with Gasteiger partial charge in [-0.3, -0.25) is 19.9 Å². The summed E-state index contributed by atoms with van der Waals surface area (Å²) in [7, 11) is 0. The number of hydrogen-bond donors (Lipinski definition) is 0. The van der Waals surface area contributed by atoms with E-state index in [9.17, 15) is 0 Å². The lowest BCUT2D eigenvalue weighted by Crippen LogP contribution is -2.29. The lowest BCUT2D eigenvalue weighted by molar-refractivity contribution is 0.671. The predicted molar refractivity (Wildman–Crippen MR) is 316 cm³/mol. The summed E-state index contributed by atoms with van der Waals surface area (Å²) in [6.45, 7) is 0. The Kier molecular flexibility index (Phi) is 8.96. The molecule has 0 bridgehead atoms. The zero-order valence-electron chi connectivity index (χ0n) is 41.0. The predicted octanol–water partition coefficient (Wildman–Crippen LogP) is 18.0. The fraction of sp³-hybridized carbons (Fsp3) is 0.0294. The molecule has 9 heteroatoms. The minimum absolute atomic E-state index is 0.123. The normalized spacial score (nSPS) is 15.1. The smallest absolute Gasteiger partial charge is 0.143 e. The lowest BCUT2D eigenvalue weighted by atomic mass is 9.96. The molecule has 7 aromatic heterocycles. The molecule has 0 spiro atoms. The largest absolute Gasteiger partial charge is 0.455 e. The molecular formula is C68H40N6O2S. The van der Waals surface area contributed by atoms with Crippen LogP contribution in [0.2, 0.25) is 0 Å². The minimum Gasteiger partial charge on any atom is -0.455 e. The standard InChI is InChI=1S/C68H40N6O2S/c1-9-39(33-41(11-1)73-59-25-29-69-35-55(59)56-36-70-30-26-60(56)73)43-13-3-15-45-47-17-5-19-49(65(47)75-63(43)45)51-21-7-23-53-54-24-8-22-52(68(54)77-67(51)53)50-20-6-18-48-46-16-4-14-44(64(46)76-66(48)50)40-10-2-12-42(34-40)74-61-27-31-71-37-57(61)58-38-72-32-28-62(58)74/h1-38,55,59H. The molecule has 0 saturated heterocycles. The maximum Gasteiger partial charge on any atom is 0.143 e. The highest BCUT2D eigenvalue weighted by Crippen LogP contribution is 2.50. The van der Waals surface area contributed by atoms with Gasteiger partial charge in [-0.25, -0.2) is 0 Å². The second kappa shape index (κ2) is 16.3. The van der Waals surface area contributed by atoms with Crippen LogP contribution in [0.15, 0.2) is 239 Å². The molecule has 0 aliphatic carbocycles. The Bertz CT molecular complexity index is 5000. The van der Waals surface area contributed by atoms with E-state index in [0.29, 0.717) is 0 Å². The van der Waals surface area contributed by atoms with Crippen molar-refractivity contribution in [3.05, 3.63) is 231 Å². The molecule has 2 unspecified atom stereocenters. The summed E-state index contributed by atoms with van der Waals surface area (Å²) in [6, 6.07) is 63.5. The third-order valence-electron chi connectivity index (χ3n) is 16.1. The van der Waals surface area contributed by atoms with Gasteiger partial charge in [0.15, 0.2) is 0 Å². The third-order valence-corrected chi connectivity index (χ3v) is 17.4. The van der Waals surface area contributed by atoms with Gasteiger partial charge in [-0.1, -0.05) is 133 Å². The second-order valence-electron chi connectivity index (χ2n) is 20.1. The van der Waals surface area contributed by atoms with Gasteiger partial charge >= 0.3 is 0 Å². The van der Waals surface area contributed by atoms with Crippen LogP contribution >= 0.6 is 11.3 Å². The van der Waals surface area contributed by atoms with Crippen molar-refractivity contribution in [2.75, 3.05) is 4.90 Å². The molecule has 8 nitrogen and oxygen atoms in total. The Labute approximate surface area is 443 Å². The van der Waals surface area contributed by atoms with Crippen molar-refractivity contribution in [2.24, 2.45) is 4.99 Å². The number of anilines is 2. The van der Waals surface area contributed by atoms with Crippen LogP contribution in [0.3, 0.4) is 0 Å². The number of thiophene rings is 1. The average molecular weight is 1010 g/mol. The van der Waals surface area contributed by atoms with Crippen molar-refractivity contribution in [3.63, 3.8) is 0 Å². The Morgan fingerprint density at radius 2 is 0.883 bits per heavy atom. The van der Waals surface area contributed by atoms with Crippen molar-refractivity contribution in [3.8, 4) is 50.2 Å². The number of hydrogen-bond acceptors (Lipinski definition) is 8. The molecule has 360 valence electrons. The van der Waals surface area contributed by atoms with E-state index in [2.05, 4.69) is 211 Å². The van der Waals surface area contributed by atoms with Crippen LogP contribution in [-0.4, -0.2) is 31.8 Å². The molecular weight excluding hydrogens is 965 g/mol. The molecule has 0 N–H and O–H groups in total. The maximum atomic E-state index is 7.16. The molecule has 9 heterocycles. The zero-order chi connectivity index (χ0) is 50.3. The molecule has 0 radical (unpaired) electrons. The van der Waals surface area contributed by atoms with E-state index in [4.69, 9.17) is 8.83 Å². The van der Waals surface area contributed by atoms with E-state index in [0.717, 1.165) is 127 Å². The van der Waals surface area contributed by atoms with Crippen LogP contribution in [0.5, 0.6) is 0 Å². The van der Waals surface area contributed by atoms with E-state index < -0.39 is 0 Å². The first-order valence-electron chi connectivity index (χ1n) is 25.9. The molecule has 0 amide bonds. The summed E-state index contributed by atoms with van der Waals surface area (Å²) in [4.78, 5) is 20.3. The SMILES string of the molecule is C1=CC2C(C=N1)c1cnccc1N2c1cccc(-c2cccc3c2oc2c(-c4cccc5c4sc4c(-c6cccc7c6oc6c(-c8cccc(-n9c%10ccncc%10c%10cnccc%109)c8)cccc67)cccc45)cccc23)c1. The molecule has 2 atom stereocenters. The molecule has 2 aliphatic heterocycles. The molecule has 17 rings (SSSR count). The van der Waals surface area contributed by atoms with Gasteiger partial charge in [0.1, 0.15) is 22.3 Å². The number of rotatable bonds is 6. The number of benzene rings is 8. The van der Waals surface area contributed by atoms with Crippen LogP contribution in [0.4, 0.5) is 11.4 Å². The van der Waals surface area contributed by atoms with Gasteiger partial charge in [-0.05, 0) is 59.7 Å². The first-order valence-corrected chi connectivity index (χ1v) is 26.7. The van der Waals surface area contributed by atoms with Gasteiger partial charge < -0.3 is 18.3 Å². The summed E-state index contributed by atoms with van der Waals surface area (Å²) < 4.78 is 19.0. The van der Waals surface area contributed by atoms with Gasteiger partial charge in [0.2, 0.25) is 0 Å². The molecule has 0 saturated carbocycles. The monoisotopic (exact) mass is 1000 g/mol. The van der Waals surface area contributed by atoms with Gasteiger partial charge in [-0.15, -0.1) is 11.3 Å². The topological polar surface area (TPSA) is 85.5 Å². The summed E-state index contributed by atoms with van der Waals surface area (Å²) in [5.74, 6) is 0.147. The number of aliphatic imine (C=N–C) groups is 1. The van der Waals surface area contributed by atoms with E-state index >= 15 is 0 Å². The average Bonchev–Trinajstić information content (AvgIpc) is 4.47. The summed E-state index contributed by atoms with van der Waals surface area (Å²) in [6.07, 6.45) is 17.6. The highest BCUT2D eigenvalue weighted by atomic mass is 32.1.